The summed E-state index contributed by atoms with van der Waals surface area (Å²) >= 11 is 1.85. The lowest BCUT2D eigenvalue weighted by Crippen LogP contribution is -2.43. The lowest BCUT2D eigenvalue weighted by atomic mass is 10.00. The molecule has 0 N–H and O–H groups in total. The minimum Gasteiger partial charge on any atom is -0.341 e. The minimum absolute atomic E-state index is 0.137. The zero-order chi connectivity index (χ0) is 15.6. The van der Waals surface area contributed by atoms with Gasteiger partial charge in [0, 0.05) is 31.1 Å². The first-order valence-corrected chi connectivity index (χ1v) is 9.34. The molecule has 2 aliphatic heterocycles. The van der Waals surface area contributed by atoms with Gasteiger partial charge in [0.15, 0.2) is 0 Å². The Balaban J connectivity index is 1.64. The third-order valence-corrected chi connectivity index (χ3v) is 5.99. The summed E-state index contributed by atoms with van der Waals surface area (Å²) in [6, 6.07) is 12.4. The molecule has 1 aromatic heterocycles. The predicted molar refractivity (Wildman–Crippen MR) is 93.4 cm³/mol. The van der Waals surface area contributed by atoms with E-state index < -0.39 is 0 Å². The number of hydrogen-bond acceptors (Lipinski definition) is 3. The Hall–Kier alpha value is -1.65. The summed E-state index contributed by atoms with van der Waals surface area (Å²) in [5, 5.41) is 2.17. The fraction of sp³-hybridized carbons (Fsp3) is 0.421. The number of rotatable bonds is 3. The van der Waals surface area contributed by atoms with Gasteiger partial charge in [-0.2, -0.15) is 0 Å². The van der Waals surface area contributed by atoms with Crippen LogP contribution in [-0.2, 0) is 17.8 Å². The molecular formula is C19H22N2OS. The van der Waals surface area contributed by atoms with Crippen LogP contribution >= 0.6 is 11.3 Å². The van der Waals surface area contributed by atoms with Crippen molar-refractivity contribution in [2.75, 3.05) is 19.6 Å². The number of carbonyl (C=O) groups is 1. The molecule has 0 aliphatic carbocycles. The highest BCUT2D eigenvalue weighted by atomic mass is 32.1. The summed E-state index contributed by atoms with van der Waals surface area (Å²) in [7, 11) is 0. The lowest BCUT2D eigenvalue weighted by molar-refractivity contribution is -0.136. The minimum atomic E-state index is -0.137. The van der Waals surface area contributed by atoms with E-state index in [-0.39, 0.29) is 11.9 Å². The highest BCUT2D eigenvalue weighted by Gasteiger charge is 2.34. The van der Waals surface area contributed by atoms with Gasteiger partial charge in [-0.1, -0.05) is 30.3 Å². The van der Waals surface area contributed by atoms with Gasteiger partial charge in [0.1, 0.15) is 6.04 Å². The van der Waals surface area contributed by atoms with Crippen LogP contribution < -0.4 is 0 Å². The van der Waals surface area contributed by atoms with Crippen molar-refractivity contribution < 1.29 is 4.79 Å². The third kappa shape index (κ3) is 2.93. The molecule has 1 aromatic carbocycles. The molecule has 0 radical (unpaired) electrons. The average molecular weight is 326 g/mol. The summed E-state index contributed by atoms with van der Waals surface area (Å²) in [5.41, 5.74) is 2.53. The molecule has 2 aliphatic rings. The Morgan fingerprint density at radius 3 is 2.61 bits per heavy atom. The van der Waals surface area contributed by atoms with Crippen molar-refractivity contribution in [1.82, 2.24) is 9.80 Å². The van der Waals surface area contributed by atoms with E-state index in [2.05, 4.69) is 33.4 Å². The highest BCUT2D eigenvalue weighted by Crippen LogP contribution is 2.32. The van der Waals surface area contributed by atoms with Crippen LogP contribution in [0.1, 0.15) is 34.9 Å². The van der Waals surface area contributed by atoms with E-state index in [4.69, 9.17) is 0 Å². The molecule has 1 atom stereocenters. The quantitative estimate of drug-likeness (QED) is 0.862. The number of hydrogen-bond donors (Lipinski definition) is 0. The highest BCUT2D eigenvalue weighted by molar-refractivity contribution is 7.10. The Labute approximate surface area is 141 Å². The van der Waals surface area contributed by atoms with Crippen molar-refractivity contribution in [3.05, 3.63) is 57.8 Å². The summed E-state index contributed by atoms with van der Waals surface area (Å²) in [4.78, 5) is 19.1. The molecule has 0 unspecified atom stereocenters. The van der Waals surface area contributed by atoms with E-state index in [1.165, 1.54) is 10.4 Å². The summed E-state index contributed by atoms with van der Waals surface area (Å²) in [6.07, 6.45) is 3.34. The Morgan fingerprint density at radius 1 is 1.04 bits per heavy atom. The van der Waals surface area contributed by atoms with Crippen LogP contribution in [0.2, 0.25) is 0 Å². The number of benzene rings is 1. The number of carbonyl (C=O) groups excluding carboxylic acids is 1. The second-order valence-corrected chi connectivity index (χ2v) is 7.44. The lowest BCUT2D eigenvalue weighted by Gasteiger charge is -2.36. The van der Waals surface area contributed by atoms with Crippen LogP contribution in [0.25, 0.3) is 0 Å². The van der Waals surface area contributed by atoms with Crippen molar-refractivity contribution >= 4 is 17.2 Å². The van der Waals surface area contributed by atoms with Crippen molar-refractivity contribution in [1.29, 1.82) is 0 Å². The molecule has 1 amide bonds. The number of nitrogens with zero attached hydrogens (tertiary/aromatic N) is 2. The number of thiophene rings is 1. The fourth-order valence-corrected chi connectivity index (χ4v) is 4.64. The van der Waals surface area contributed by atoms with Gasteiger partial charge in [0.05, 0.1) is 0 Å². The second kappa shape index (κ2) is 6.46. The Kier molecular flexibility index (Phi) is 4.19. The van der Waals surface area contributed by atoms with E-state index in [1.807, 2.05) is 29.5 Å². The summed E-state index contributed by atoms with van der Waals surface area (Å²) in [6.45, 7) is 3.68. The molecule has 120 valence electrons. The van der Waals surface area contributed by atoms with Crippen molar-refractivity contribution in [3.8, 4) is 0 Å². The van der Waals surface area contributed by atoms with Gasteiger partial charge < -0.3 is 4.90 Å². The molecule has 2 aromatic rings. The molecule has 3 nitrogen and oxygen atoms in total. The van der Waals surface area contributed by atoms with Crippen LogP contribution in [0, 0.1) is 0 Å². The summed E-state index contributed by atoms with van der Waals surface area (Å²) < 4.78 is 0. The molecule has 1 saturated heterocycles. The molecule has 4 rings (SSSR count). The Bertz CT molecular complexity index is 676. The van der Waals surface area contributed by atoms with Crippen LogP contribution in [0.15, 0.2) is 41.8 Å². The predicted octanol–water partition coefficient (Wildman–Crippen LogP) is 3.47. The van der Waals surface area contributed by atoms with E-state index in [1.54, 1.807) is 0 Å². The average Bonchev–Trinajstić information content (AvgIpc) is 3.27. The van der Waals surface area contributed by atoms with Gasteiger partial charge in [0.25, 0.3) is 0 Å². The maximum absolute atomic E-state index is 13.2. The van der Waals surface area contributed by atoms with Gasteiger partial charge >= 0.3 is 0 Å². The van der Waals surface area contributed by atoms with Crippen LogP contribution in [-0.4, -0.2) is 35.3 Å². The van der Waals surface area contributed by atoms with Crippen LogP contribution in [0.5, 0.6) is 0 Å². The van der Waals surface area contributed by atoms with Crippen molar-refractivity contribution in [2.45, 2.75) is 31.8 Å². The first-order valence-electron chi connectivity index (χ1n) is 8.46. The molecule has 23 heavy (non-hydrogen) atoms. The number of fused-ring (bicyclic) bond motifs is 1. The van der Waals surface area contributed by atoms with Gasteiger partial charge in [-0.3, -0.25) is 9.69 Å². The molecule has 0 saturated carbocycles. The molecule has 4 heteroatoms. The van der Waals surface area contributed by atoms with Gasteiger partial charge in [-0.15, -0.1) is 11.3 Å². The number of amides is 1. The Morgan fingerprint density at radius 2 is 1.83 bits per heavy atom. The topological polar surface area (TPSA) is 23.6 Å². The standard InChI is InChI=1S/C19H22N2OS/c22-19(20-10-4-5-11-20)18(15-6-2-1-3-7-15)21-12-8-17-16(14-21)9-13-23-17/h1-3,6-7,9,13,18H,4-5,8,10-12,14H2/t18-/m0/s1. The van der Waals surface area contributed by atoms with Gasteiger partial charge in [-0.05, 0) is 41.8 Å². The van der Waals surface area contributed by atoms with Crippen molar-refractivity contribution in [2.24, 2.45) is 0 Å². The number of likely N-dealkylation sites (tertiary alicyclic amines) is 1. The molecule has 3 heterocycles. The zero-order valence-electron chi connectivity index (χ0n) is 13.3. The first-order chi connectivity index (χ1) is 11.3. The van der Waals surface area contributed by atoms with Crippen LogP contribution in [0.3, 0.4) is 0 Å². The second-order valence-electron chi connectivity index (χ2n) is 6.44. The third-order valence-electron chi connectivity index (χ3n) is 4.97. The monoisotopic (exact) mass is 326 g/mol. The first kappa shape index (κ1) is 14.9. The van der Waals surface area contributed by atoms with E-state index in [0.29, 0.717) is 0 Å². The SMILES string of the molecule is O=C([C@H](c1ccccc1)N1CCc2sccc2C1)N1CCCC1. The molecule has 0 bridgehead atoms. The normalized spacial score (nSPS) is 19.6. The summed E-state index contributed by atoms with van der Waals surface area (Å²) in [5.74, 6) is 0.285. The van der Waals surface area contributed by atoms with Crippen LogP contribution in [0.4, 0.5) is 0 Å². The molecular weight excluding hydrogens is 304 g/mol. The molecule has 1 fully saturated rings. The van der Waals surface area contributed by atoms with Gasteiger partial charge in [-0.25, -0.2) is 0 Å². The van der Waals surface area contributed by atoms with E-state index >= 15 is 0 Å². The van der Waals surface area contributed by atoms with E-state index in [9.17, 15) is 4.79 Å². The van der Waals surface area contributed by atoms with Crippen molar-refractivity contribution in [3.63, 3.8) is 0 Å². The largest absolute Gasteiger partial charge is 0.341 e. The zero-order valence-corrected chi connectivity index (χ0v) is 14.1. The fourth-order valence-electron chi connectivity index (χ4n) is 3.75. The van der Waals surface area contributed by atoms with Gasteiger partial charge in [0.2, 0.25) is 5.91 Å². The smallest absolute Gasteiger partial charge is 0.244 e. The maximum Gasteiger partial charge on any atom is 0.244 e. The van der Waals surface area contributed by atoms with E-state index in [0.717, 1.165) is 51.0 Å². The molecule has 0 spiro atoms. The maximum atomic E-state index is 13.2.